The van der Waals surface area contributed by atoms with Gasteiger partial charge in [0.1, 0.15) is 0 Å². The minimum absolute atomic E-state index is 0.000365. The number of aromatic nitrogens is 7. The van der Waals surface area contributed by atoms with Gasteiger partial charge in [-0.05, 0) is 52.4 Å². The van der Waals surface area contributed by atoms with Gasteiger partial charge in [-0.2, -0.15) is 5.21 Å². The molecule has 0 aliphatic heterocycles. The van der Waals surface area contributed by atoms with E-state index in [-0.39, 0.29) is 5.69 Å². The van der Waals surface area contributed by atoms with Crippen molar-refractivity contribution < 1.29 is 0 Å². The third kappa shape index (κ3) is 4.62. The van der Waals surface area contributed by atoms with Crippen LogP contribution in [0.3, 0.4) is 0 Å². The first kappa shape index (κ1) is 23.4. The van der Waals surface area contributed by atoms with Crippen LogP contribution < -0.4 is 5.69 Å². The number of pyridine rings is 1. The molecule has 5 rings (SSSR count). The number of tetrazole rings is 1. The van der Waals surface area contributed by atoms with Crippen LogP contribution in [0.2, 0.25) is 0 Å². The third-order valence-electron chi connectivity index (χ3n) is 6.35. The van der Waals surface area contributed by atoms with Crippen molar-refractivity contribution in [3.8, 4) is 28.2 Å². The molecule has 0 bridgehead atoms. The molecular weight excluding hydrogens is 450 g/mol. The summed E-state index contributed by atoms with van der Waals surface area (Å²) in [7, 11) is 0. The Bertz CT molecular complexity index is 1500. The molecule has 36 heavy (non-hydrogen) atoms. The van der Waals surface area contributed by atoms with E-state index in [1.165, 1.54) is 5.56 Å². The van der Waals surface area contributed by atoms with Crippen molar-refractivity contribution >= 4 is 0 Å². The lowest BCUT2D eigenvalue weighted by Crippen LogP contribution is -2.25. The van der Waals surface area contributed by atoms with Crippen molar-refractivity contribution in [1.82, 2.24) is 34.7 Å². The van der Waals surface area contributed by atoms with Gasteiger partial charge in [0.15, 0.2) is 0 Å². The number of H-pyrrole nitrogens is 1. The van der Waals surface area contributed by atoms with Crippen LogP contribution in [0.15, 0.2) is 78.0 Å². The summed E-state index contributed by atoms with van der Waals surface area (Å²) in [5.74, 6) is 0.502. The fraction of sp³-hybridized carbons (Fsp3) is 0.250. The van der Waals surface area contributed by atoms with E-state index in [2.05, 4.69) is 69.8 Å². The zero-order valence-corrected chi connectivity index (χ0v) is 20.6. The van der Waals surface area contributed by atoms with Gasteiger partial charge >= 0.3 is 5.69 Å². The van der Waals surface area contributed by atoms with Crippen LogP contribution in [0.5, 0.6) is 0 Å². The Morgan fingerprint density at radius 3 is 2.47 bits per heavy atom. The summed E-state index contributed by atoms with van der Waals surface area (Å²) in [5, 5.41) is 14.4. The SMILES string of the molecule is CCCc1ccccc1-n1cc(CCC)n(Cc2ccc(-c3ccncc3-c3nn[nH]n3)cc2)c1=O. The molecule has 8 nitrogen and oxygen atoms in total. The van der Waals surface area contributed by atoms with Crippen molar-refractivity contribution in [3.63, 3.8) is 0 Å². The average molecular weight is 480 g/mol. The molecule has 0 radical (unpaired) electrons. The van der Waals surface area contributed by atoms with Gasteiger partial charge < -0.3 is 0 Å². The number of aromatic amines is 1. The molecule has 5 aromatic rings. The number of aryl methyl sites for hydroxylation is 2. The van der Waals surface area contributed by atoms with Crippen LogP contribution in [0.4, 0.5) is 0 Å². The lowest BCUT2D eigenvalue weighted by molar-refractivity contribution is 0.691. The van der Waals surface area contributed by atoms with Gasteiger partial charge in [0.25, 0.3) is 0 Å². The summed E-state index contributed by atoms with van der Waals surface area (Å²) >= 11 is 0. The smallest absolute Gasteiger partial charge is 0.292 e. The number of benzene rings is 2. The monoisotopic (exact) mass is 479 g/mol. The first-order valence-electron chi connectivity index (χ1n) is 12.4. The summed E-state index contributed by atoms with van der Waals surface area (Å²) in [5.41, 5.74) is 7.08. The van der Waals surface area contributed by atoms with E-state index >= 15 is 0 Å². The molecule has 182 valence electrons. The first-order valence-corrected chi connectivity index (χ1v) is 12.4. The van der Waals surface area contributed by atoms with E-state index in [9.17, 15) is 4.79 Å². The van der Waals surface area contributed by atoms with Gasteiger partial charge in [-0.3, -0.25) is 14.1 Å². The molecule has 0 aliphatic rings. The second-order valence-electron chi connectivity index (χ2n) is 8.84. The number of imidazole rings is 1. The summed E-state index contributed by atoms with van der Waals surface area (Å²) in [6.07, 6.45) is 9.31. The average Bonchev–Trinajstić information content (AvgIpc) is 3.55. The van der Waals surface area contributed by atoms with Crippen LogP contribution in [0, 0.1) is 0 Å². The molecule has 0 unspecified atom stereocenters. The fourth-order valence-electron chi connectivity index (χ4n) is 4.62. The predicted octanol–water partition coefficient (Wildman–Crippen LogP) is 4.83. The summed E-state index contributed by atoms with van der Waals surface area (Å²) in [6, 6.07) is 18.4. The second-order valence-corrected chi connectivity index (χ2v) is 8.84. The third-order valence-corrected chi connectivity index (χ3v) is 6.35. The summed E-state index contributed by atoms with van der Waals surface area (Å²) < 4.78 is 3.72. The number of nitrogens with zero attached hydrogens (tertiary/aromatic N) is 6. The lowest BCUT2D eigenvalue weighted by atomic mass is 10.00. The van der Waals surface area contributed by atoms with Crippen LogP contribution in [0.25, 0.3) is 28.2 Å². The Morgan fingerprint density at radius 1 is 0.917 bits per heavy atom. The number of hydrogen-bond acceptors (Lipinski definition) is 5. The zero-order chi connectivity index (χ0) is 24.9. The van der Waals surface area contributed by atoms with Crippen molar-refractivity contribution in [1.29, 1.82) is 0 Å². The molecule has 1 N–H and O–H groups in total. The van der Waals surface area contributed by atoms with E-state index in [1.54, 1.807) is 12.4 Å². The molecule has 3 aromatic heterocycles. The van der Waals surface area contributed by atoms with Crippen molar-refractivity contribution in [2.24, 2.45) is 0 Å². The Morgan fingerprint density at radius 2 is 1.72 bits per heavy atom. The van der Waals surface area contributed by atoms with Crippen LogP contribution in [-0.2, 0) is 19.4 Å². The maximum Gasteiger partial charge on any atom is 0.333 e. The Balaban J connectivity index is 1.47. The van der Waals surface area contributed by atoms with Gasteiger partial charge in [0.05, 0.1) is 12.2 Å². The van der Waals surface area contributed by atoms with Gasteiger partial charge in [0.2, 0.25) is 5.82 Å². The minimum Gasteiger partial charge on any atom is -0.292 e. The van der Waals surface area contributed by atoms with Gasteiger partial charge in [-0.15, -0.1) is 10.2 Å². The standard InChI is InChI=1S/C28H29N7O/c1-3-7-22-9-5-6-10-26(22)35-19-23(8-4-2)34(28(35)36)18-20-11-13-21(14-12-20)24-15-16-29-17-25(24)27-30-32-33-31-27/h5-6,9-17,19H,3-4,7-8,18H2,1-2H3,(H,30,31,32,33). The highest BCUT2D eigenvalue weighted by atomic mass is 16.1. The molecule has 2 aromatic carbocycles. The molecule has 0 fully saturated rings. The molecule has 0 saturated carbocycles. The van der Waals surface area contributed by atoms with Gasteiger partial charge in [0, 0.05) is 29.8 Å². The summed E-state index contributed by atoms with van der Waals surface area (Å²) in [4.78, 5) is 17.8. The van der Waals surface area contributed by atoms with Crippen LogP contribution in [-0.4, -0.2) is 34.7 Å². The predicted molar refractivity (Wildman–Crippen MR) is 140 cm³/mol. The highest BCUT2D eigenvalue weighted by molar-refractivity contribution is 5.79. The largest absolute Gasteiger partial charge is 0.333 e. The molecule has 0 spiro atoms. The highest BCUT2D eigenvalue weighted by Crippen LogP contribution is 2.29. The maximum absolute atomic E-state index is 13.6. The lowest BCUT2D eigenvalue weighted by Gasteiger charge is -2.10. The Labute approximate surface area is 209 Å². The van der Waals surface area contributed by atoms with Gasteiger partial charge in [-0.1, -0.05) is 69.2 Å². The van der Waals surface area contributed by atoms with Gasteiger partial charge in [-0.25, -0.2) is 4.79 Å². The number of nitrogens with one attached hydrogen (secondary N) is 1. The van der Waals surface area contributed by atoms with Crippen molar-refractivity contribution in [2.75, 3.05) is 0 Å². The fourth-order valence-corrected chi connectivity index (χ4v) is 4.62. The Hall–Kier alpha value is -4.33. The zero-order valence-electron chi connectivity index (χ0n) is 20.6. The van der Waals surface area contributed by atoms with E-state index < -0.39 is 0 Å². The molecule has 0 atom stereocenters. The number of hydrogen-bond donors (Lipinski definition) is 1. The van der Waals surface area contributed by atoms with Crippen LogP contribution >= 0.6 is 0 Å². The summed E-state index contributed by atoms with van der Waals surface area (Å²) in [6.45, 7) is 4.82. The number of rotatable bonds is 9. The molecule has 0 saturated heterocycles. The number of para-hydroxylation sites is 1. The first-order chi connectivity index (χ1) is 17.7. The Kier molecular flexibility index (Phi) is 6.84. The topological polar surface area (TPSA) is 94.3 Å². The highest BCUT2D eigenvalue weighted by Gasteiger charge is 2.15. The van der Waals surface area contributed by atoms with E-state index in [1.807, 2.05) is 39.6 Å². The van der Waals surface area contributed by atoms with E-state index in [0.29, 0.717) is 12.4 Å². The quantitative estimate of drug-likeness (QED) is 0.327. The van der Waals surface area contributed by atoms with Crippen LogP contribution in [0.1, 0.15) is 43.5 Å². The second kappa shape index (κ2) is 10.5. The molecule has 0 aliphatic carbocycles. The normalized spacial score (nSPS) is 11.2. The molecule has 8 heteroatoms. The van der Waals surface area contributed by atoms with E-state index in [4.69, 9.17) is 0 Å². The molecule has 3 heterocycles. The van der Waals surface area contributed by atoms with Crippen molar-refractivity contribution in [2.45, 2.75) is 46.1 Å². The molecule has 0 amide bonds. The van der Waals surface area contributed by atoms with Crippen molar-refractivity contribution in [3.05, 3.63) is 100 Å². The minimum atomic E-state index is -0.000365. The maximum atomic E-state index is 13.6. The van der Waals surface area contributed by atoms with E-state index in [0.717, 1.165) is 59.3 Å². The molecular formula is C28H29N7O.